The molecule has 108 valence electrons. The number of benzene rings is 1. The number of halogens is 1. The van der Waals surface area contributed by atoms with Crippen LogP contribution in [0.25, 0.3) is 0 Å². The molecule has 0 aromatic heterocycles. The molecule has 0 N–H and O–H groups in total. The average Bonchev–Trinajstić information content (AvgIpc) is 2.37. The number of hydrogen-bond donors (Lipinski definition) is 0. The van der Waals surface area contributed by atoms with Crippen LogP contribution in [0.15, 0.2) is 29.2 Å². The Balaban J connectivity index is 1.98. The van der Waals surface area contributed by atoms with Gasteiger partial charge in [0, 0.05) is 41.5 Å². The first-order valence-corrected chi connectivity index (χ1v) is 9.34. The number of carbonyl (C=O) groups excluding carboxylic acids is 1. The number of thioether (sulfide) groups is 1. The topological polar surface area (TPSA) is 54.5 Å². The number of piperidine rings is 1. The molecule has 4 nitrogen and oxygen atoms in total. The molecule has 2 aliphatic heterocycles. The Labute approximate surface area is 127 Å². The van der Waals surface area contributed by atoms with Crippen LogP contribution >= 0.6 is 23.4 Å². The molecule has 2 aliphatic rings. The molecule has 1 aromatic rings. The lowest BCUT2D eigenvalue weighted by molar-refractivity contribution is -0.122. The van der Waals surface area contributed by atoms with Crippen molar-refractivity contribution in [3.8, 4) is 0 Å². The van der Waals surface area contributed by atoms with Gasteiger partial charge in [-0.15, -0.1) is 0 Å². The quantitative estimate of drug-likeness (QED) is 0.833. The SMILES string of the molecule is O=C1CC2CSCC(C1)N2S(=O)(=O)c1ccc(Cl)cc1. The van der Waals surface area contributed by atoms with E-state index in [1.165, 1.54) is 12.1 Å². The van der Waals surface area contributed by atoms with Crippen molar-refractivity contribution in [2.45, 2.75) is 29.8 Å². The molecule has 2 fully saturated rings. The number of sulfonamides is 1. The summed E-state index contributed by atoms with van der Waals surface area (Å²) in [6, 6.07) is 5.79. The minimum absolute atomic E-state index is 0.169. The molecule has 0 saturated carbocycles. The van der Waals surface area contributed by atoms with E-state index in [0.717, 1.165) is 0 Å². The number of rotatable bonds is 2. The lowest BCUT2D eigenvalue weighted by atomic mass is 9.99. The van der Waals surface area contributed by atoms with Crippen LogP contribution in [0.3, 0.4) is 0 Å². The number of fused-ring (bicyclic) bond motifs is 2. The number of carbonyl (C=O) groups is 1. The van der Waals surface area contributed by atoms with Crippen molar-refractivity contribution in [3.63, 3.8) is 0 Å². The zero-order chi connectivity index (χ0) is 14.3. The van der Waals surface area contributed by atoms with Crippen LogP contribution < -0.4 is 0 Å². The van der Waals surface area contributed by atoms with Crippen molar-refractivity contribution in [1.82, 2.24) is 4.31 Å². The third kappa shape index (κ3) is 2.50. The molecule has 2 unspecified atom stereocenters. The molecule has 0 spiro atoms. The Hall–Kier alpha value is -0.560. The molecule has 2 heterocycles. The number of hydrogen-bond acceptors (Lipinski definition) is 4. The van der Waals surface area contributed by atoms with E-state index in [2.05, 4.69) is 0 Å². The van der Waals surface area contributed by atoms with Gasteiger partial charge in [0.05, 0.1) is 4.90 Å². The second kappa shape index (κ2) is 5.33. The lowest BCUT2D eigenvalue weighted by Crippen LogP contribution is -2.56. The van der Waals surface area contributed by atoms with Crippen molar-refractivity contribution in [2.24, 2.45) is 0 Å². The van der Waals surface area contributed by atoms with Crippen molar-refractivity contribution in [3.05, 3.63) is 29.3 Å². The maximum absolute atomic E-state index is 12.8. The zero-order valence-electron chi connectivity index (χ0n) is 10.7. The predicted molar refractivity (Wildman–Crippen MR) is 79.6 cm³/mol. The van der Waals surface area contributed by atoms with Gasteiger partial charge in [-0.3, -0.25) is 4.79 Å². The smallest absolute Gasteiger partial charge is 0.243 e. The molecule has 2 bridgehead atoms. The van der Waals surface area contributed by atoms with Gasteiger partial charge in [-0.1, -0.05) is 11.6 Å². The van der Waals surface area contributed by atoms with Crippen LogP contribution in [0.4, 0.5) is 0 Å². The Morgan fingerprint density at radius 1 is 1.10 bits per heavy atom. The van der Waals surface area contributed by atoms with Crippen LogP contribution in [0.2, 0.25) is 5.02 Å². The normalized spacial score (nSPS) is 27.6. The van der Waals surface area contributed by atoms with Gasteiger partial charge in [0.2, 0.25) is 10.0 Å². The molecule has 3 rings (SSSR count). The first kappa shape index (κ1) is 14.4. The standard InChI is InChI=1S/C13H14ClNO3S2/c14-9-1-3-13(4-2-9)20(17,18)15-10-5-12(16)6-11(15)8-19-7-10/h1-4,10-11H,5-8H2. The molecule has 20 heavy (non-hydrogen) atoms. The second-order valence-corrected chi connectivity index (χ2v) is 8.44. The molecule has 2 saturated heterocycles. The zero-order valence-corrected chi connectivity index (χ0v) is 13.0. The minimum atomic E-state index is -3.55. The van der Waals surface area contributed by atoms with Gasteiger partial charge in [0.1, 0.15) is 5.78 Å². The monoisotopic (exact) mass is 331 g/mol. The third-order valence-electron chi connectivity index (χ3n) is 3.66. The second-order valence-electron chi connectivity index (χ2n) is 5.08. The minimum Gasteiger partial charge on any atom is -0.300 e. The van der Waals surface area contributed by atoms with Gasteiger partial charge in [-0.05, 0) is 24.3 Å². The summed E-state index contributed by atoms with van der Waals surface area (Å²) in [5, 5.41) is 0.508. The summed E-state index contributed by atoms with van der Waals surface area (Å²) in [5.74, 6) is 1.55. The van der Waals surface area contributed by atoms with E-state index >= 15 is 0 Å². The van der Waals surface area contributed by atoms with Crippen LogP contribution in [-0.4, -0.2) is 42.1 Å². The molecule has 0 radical (unpaired) electrons. The Morgan fingerprint density at radius 2 is 1.65 bits per heavy atom. The van der Waals surface area contributed by atoms with Crippen LogP contribution in [0, 0.1) is 0 Å². The van der Waals surface area contributed by atoms with Gasteiger partial charge in [0.15, 0.2) is 0 Å². The van der Waals surface area contributed by atoms with Gasteiger partial charge >= 0.3 is 0 Å². The number of Topliss-reactive ketones (excluding diaryl/α,β-unsaturated/α-hetero) is 1. The van der Waals surface area contributed by atoms with E-state index in [4.69, 9.17) is 11.6 Å². The third-order valence-corrected chi connectivity index (χ3v) is 7.17. The van der Waals surface area contributed by atoms with E-state index in [0.29, 0.717) is 29.4 Å². The lowest BCUT2D eigenvalue weighted by Gasteiger charge is -2.43. The van der Waals surface area contributed by atoms with Crippen molar-refractivity contribution >= 4 is 39.2 Å². The Morgan fingerprint density at radius 3 is 2.20 bits per heavy atom. The highest BCUT2D eigenvalue weighted by molar-refractivity contribution is 7.99. The number of ketones is 1. The summed E-state index contributed by atoms with van der Waals surface area (Å²) in [6.45, 7) is 0. The first-order valence-electron chi connectivity index (χ1n) is 6.37. The summed E-state index contributed by atoms with van der Waals surface area (Å²) >= 11 is 7.53. The largest absolute Gasteiger partial charge is 0.300 e. The van der Waals surface area contributed by atoms with Crippen molar-refractivity contribution in [2.75, 3.05) is 11.5 Å². The Bertz CT molecular complexity index is 614. The van der Waals surface area contributed by atoms with Crippen molar-refractivity contribution in [1.29, 1.82) is 0 Å². The first-order chi connectivity index (χ1) is 9.48. The fourth-order valence-electron chi connectivity index (χ4n) is 2.81. The highest BCUT2D eigenvalue weighted by atomic mass is 35.5. The fraction of sp³-hybridized carbons (Fsp3) is 0.462. The van der Waals surface area contributed by atoms with Crippen molar-refractivity contribution < 1.29 is 13.2 Å². The summed E-state index contributed by atoms with van der Waals surface area (Å²) in [6.07, 6.45) is 0.659. The summed E-state index contributed by atoms with van der Waals surface area (Å²) in [4.78, 5) is 11.9. The highest BCUT2D eigenvalue weighted by Gasteiger charge is 2.44. The molecule has 7 heteroatoms. The van der Waals surface area contributed by atoms with E-state index in [-0.39, 0.29) is 22.8 Å². The van der Waals surface area contributed by atoms with E-state index < -0.39 is 10.0 Å². The summed E-state index contributed by atoms with van der Waals surface area (Å²) in [5.41, 5.74) is 0. The van der Waals surface area contributed by atoms with E-state index in [1.54, 1.807) is 28.2 Å². The highest BCUT2D eigenvalue weighted by Crippen LogP contribution is 2.35. The van der Waals surface area contributed by atoms with Crippen LogP contribution in [0.1, 0.15) is 12.8 Å². The molecule has 1 aromatic carbocycles. The predicted octanol–water partition coefficient (Wildman–Crippen LogP) is 2.18. The van der Waals surface area contributed by atoms with Gasteiger partial charge in [-0.2, -0.15) is 16.1 Å². The molecular formula is C13H14ClNO3S2. The van der Waals surface area contributed by atoms with Crippen LogP contribution in [-0.2, 0) is 14.8 Å². The molecule has 0 amide bonds. The van der Waals surface area contributed by atoms with Gasteiger partial charge < -0.3 is 0 Å². The van der Waals surface area contributed by atoms with E-state index in [9.17, 15) is 13.2 Å². The average molecular weight is 332 g/mol. The molecule has 0 aliphatic carbocycles. The molecule has 2 atom stereocenters. The van der Waals surface area contributed by atoms with Gasteiger partial charge in [0.25, 0.3) is 0 Å². The maximum Gasteiger partial charge on any atom is 0.243 e. The van der Waals surface area contributed by atoms with Gasteiger partial charge in [-0.25, -0.2) is 8.42 Å². The summed E-state index contributed by atoms with van der Waals surface area (Å²) < 4.78 is 27.1. The van der Waals surface area contributed by atoms with E-state index in [1.807, 2.05) is 0 Å². The Kier molecular flexibility index (Phi) is 3.83. The van der Waals surface area contributed by atoms with Crippen LogP contribution in [0.5, 0.6) is 0 Å². The summed E-state index contributed by atoms with van der Waals surface area (Å²) in [7, 11) is -3.55. The molecular weight excluding hydrogens is 318 g/mol. The fourth-order valence-corrected chi connectivity index (χ4v) is 6.17. The number of nitrogens with zero attached hydrogens (tertiary/aromatic N) is 1. The maximum atomic E-state index is 12.8.